The molecule has 0 aliphatic heterocycles. The van der Waals surface area contributed by atoms with Gasteiger partial charge in [0.05, 0.1) is 16.7 Å². The van der Waals surface area contributed by atoms with Gasteiger partial charge in [0.25, 0.3) is 0 Å². The minimum atomic E-state index is -4.54. The fraction of sp³-hybridized carbons (Fsp3) is 0.500. The van der Waals surface area contributed by atoms with Gasteiger partial charge in [-0.3, -0.25) is 0 Å². The largest absolute Gasteiger partial charge is 0.416 e. The van der Waals surface area contributed by atoms with Crippen molar-refractivity contribution < 1.29 is 30.0 Å². The molecule has 0 aromatic heterocycles. The summed E-state index contributed by atoms with van der Waals surface area (Å²) >= 11 is 0. The first-order chi connectivity index (χ1) is 10.3. The van der Waals surface area contributed by atoms with E-state index in [0.717, 1.165) is 22.7 Å². The van der Waals surface area contributed by atoms with E-state index in [9.17, 15) is 30.0 Å². The molecule has 11 heteroatoms. The van der Waals surface area contributed by atoms with Crippen molar-refractivity contribution in [2.45, 2.75) is 17.5 Å². The fourth-order valence-corrected chi connectivity index (χ4v) is 3.12. The van der Waals surface area contributed by atoms with Gasteiger partial charge in [0, 0.05) is 20.1 Å². The Morgan fingerprint density at radius 2 is 1.61 bits per heavy atom. The molecule has 0 aliphatic carbocycles. The van der Waals surface area contributed by atoms with Gasteiger partial charge in [-0.1, -0.05) is 0 Å². The first-order valence-electron chi connectivity index (χ1n) is 6.42. The second-order valence-electron chi connectivity index (χ2n) is 4.86. The molecule has 0 atom stereocenters. The van der Waals surface area contributed by atoms with E-state index in [1.807, 2.05) is 0 Å². The minimum Gasteiger partial charge on any atom is -0.213 e. The van der Waals surface area contributed by atoms with Crippen LogP contribution >= 0.6 is 0 Å². The van der Waals surface area contributed by atoms with Gasteiger partial charge in [-0.2, -0.15) is 13.2 Å². The van der Waals surface area contributed by atoms with Crippen molar-refractivity contribution in [1.29, 1.82) is 0 Å². The van der Waals surface area contributed by atoms with Crippen LogP contribution in [0.15, 0.2) is 29.2 Å². The summed E-state index contributed by atoms with van der Waals surface area (Å²) in [5.41, 5.74) is -0.939. The number of nitrogens with zero attached hydrogens (tertiary/aromatic N) is 1. The quantitative estimate of drug-likeness (QED) is 0.729. The lowest BCUT2D eigenvalue weighted by Gasteiger charge is -2.14. The lowest BCUT2D eigenvalue weighted by molar-refractivity contribution is -0.137. The number of halogens is 3. The van der Waals surface area contributed by atoms with Gasteiger partial charge in [-0.05, 0) is 30.7 Å². The van der Waals surface area contributed by atoms with Gasteiger partial charge in [0.2, 0.25) is 20.0 Å². The molecule has 0 heterocycles. The van der Waals surface area contributed by atoms with E-state index in [0.29, 0.717) is 12.1 Å². The summed E-state index contributed by atoms with van der Waals surface area (Å²) < 4.78 is 86.7. The Labute approximate surface area is 133 Å². The molecule has 1 N–H and O–H groups in total. The van der Waals surface area contributed by atoms with Crippen molar-refractivity contribution in [1.82, 2.24) is 9.03 Å². The predicted octanol–water partition coefficient (Wildman–Crippen LogP) is 1.27. The van der Waals surface area contributed by atoms with E-state index in [1.165, 1.54) is 7.05 Å². The normalized spacial score (nSPS) is 13.5. The molecule has 0 saturated heterocycles. The average Bonchev–Trinajstić information content (AvgIpc) is 2.41. The number of hydrogen-bond acceptors (Lipinski definition) is 4. The third kappa shape index (κ3) is 6.09. The van der Waals surface area contributed by atoms with Crippen LogP contribution in [-0.4, -0.2) is 47.5 Å². The second kappa shape index (κ2) is 7.16. The molecule has 0 spiro atoms. The summed E-state index contributed by atoms with van der Waals surface area (Å²) in [5, 5.41) is 0. The van der Waals surface area contributed by atoms with Gasteiger partial charge in [0.1, 0.15) is 0 Å². The van der Waals surface area contributed by atoms with E-state index >= 15 is 0 Å². The van der Waals surface area contributed by atoms with Crippen molar-refractivity contribution in [3.8, 4) is 0 Å². The molecule has 0 aliphatic rings. The molecule has 0 bridgehead atoms. The Morgan fingerprint density at radius 3 is 2.04 bits per heavy atom. The van der Waals surface area contributed by atoms with Gasteiger partial charge < -0.3 is 0 Å². The zero-order valence-electron chi connectivity index (χ0n) is 12.5. The van der Waals surface area contributed by atoms with Crippen molar-refractivity contribution in [3.63, 3.8) is 0 Å². The van der Waals surface area contributed by atoms with Gasteiger partial charge >= 0.3 is 6.18 Å². The third-order valence-electron chi connectivity index (χ3n) is 3.00. The van der Waals surface area contributed by atoms with Crippen molar-refractivity contribution >= 4 is 20.0 Å². The highest BCUT2D eigenvalue weighted by atomic mass is 32.2. The predicted molar refractivity (Wildman–Crippen MR) is 78.7 cm³/mol. The number of benzene rings is 1. The van der Waals surface area contributed by atoms with Crippen LogP contribution in [0.1, 0.15) is 12.0 Å². The Kier molecular flexibility index (Phi) is 6.18. The average molecular weight is 374 g/mol. The number of alkyl halides is 3. The maximum Gasteiger partial charge on any atom is 0.416 e. The Hall–Kier alpha value is -1.17. The molecular formula is C12H17F3N2O4S2. The molecule has 0 radical (unpaired) electrons. The van der Waals surface area contributed by atoms with E-state index in [4.69, 9.17) is 0 Å². The maximum absolute atomic E-state index is 12.4. The highest BCUT2D eigenvalue weighted by Gasteiger charge is 2.30. The van der Waals surface area contributed by atoms with Crippen LogP contribution in [0.4, 0.5) is 13.2 Å². The molecule has 1 aromatic rings. The minimum absolute atomic E-state index is 0.0385. The molecule has 0 amide bonds. The second-order valence-corrected chi connectivity index (χ2v) is 8.71. The molecular weight excluding hydrogens is 357 g/mol. The van der Waals surface area contributed by atoms with Crippen LogP contribution in [0.25, 0.3) is 0 Å². The highest BCUT2D eigenvalue weighted by Crippen LogP contribution is 2.29. The van der Waals surface area contributed by atoms with Crippen LogP contribution in [0.5, 0.6) is 0 Å². The number of sulfonamides is 2. The highest BCUT2D eigenvalue weighted by molar-refractivity contribution is 7.89. The van der Waals surface area contributed by atoms with Gasteiger partial charge in [-0.25, -0.2) is 25.9 Å². The molecule has 0 fully saturated rings. The summed E-state index contributed by atoms with van der Waals surface area (Å²) in [7, 11) is -5.92. The zero-order valence-corrected chi connectivity index (χ0v) is 14.1. The van der Waals surface area contributed by atoms with Crippen LogP contribution in [0.2, 0.25) is 0 Å². The van der Waals surface area contributed by atoms with Crippen LogP contribution < -0.4 is 4.72 Å². The van der Waals surface area contributed by atoms with Crippen molar-refractivity contribution in [2.75, 3.05) is 26.4 Å². The van der Waals surface area contributed by atoms with Crippen LogP contribution in [-0.2, 0) is 26.2 Å². The molecule has 1 aromatic carbocycles. The van der Waals surface area contributed by atoms with Crippen LogP contribution in [0, 0.1) is 0 Å². The summed E-state index contributed by atoms with van der Waals surface area (Å²) in [4.78, 5) is -0.290. The third-order valence-corrected chi connectivity index (χ3v) is 5.79. The lowest BCUT2D eigenvalue weighted by atomic mass is 10.2. The summed E-state index contributed by atoms with van der Waals surface area (Å²) in [5.74, 6) is 0. The molecule has 0 unspecified atom stereocenters. The standard InChI is InChI=1S/C12H17F3N2O4S2/c1-17(22(2,18)19)9-3-8-16-23(20,21)11-6-4-10(5-7-11)12(13,14)15/h4-7,16H,3,8-9H2,1-2H3. The molecule has 1 rings (SSSR count). The monoisotopic (exact) mass is 374 g/mol. The summed E-state index contributed by atoms with van der Waals surface area (Å²) in [6.07, 6.45) is -3.28. The molecule has 0 saturated carbocycles. The van der Waals surface area contributed by atoms with E-state index in [1.54, 1.807) is 0 Å². The van der Waals surface area contributed by atoms with Crippen molar-refractivity contribution in [3.05, 3.63) is 29.8 Å². The Bertz CT molecular complexity index is 729. The number of hydrogen-bond donors (Lipinski definition) is 1. The first-order valence-corrected chi connectivity index (χ1v) is 9.75. The van der Waals surface area contributed by atoms with E-state index < -0.39 is 31.8 Å². The van der Waals surface area contributed by atoms with Gasteiger partial charge in [0.15, 0.2) is 0 Å². The van der Waals surface area contributed by atoms with Crippen LogP contribution in [0.3, 0.4) is 0 Å². The maximum atomic E-state index is 12.4. The van der Waals surface area contributed by atoms with E-state index in [2.05, 4.69) is 4.72 Å². The first kappa shape index (κ1) is 19.9. The fourth-order valence-electron chi connectivity index (χ4n) is 1.58. The molecule has 6 nitrogen and oxygen atoms in total. The molecule has 132 valence electrons. The topological polar surface area (TPSA) is 83.6 Å². The number of nitrogens with one attached hydrogen (secondary N) is 1. The number of rotatable bonds is 7. The van der Waals surface area contributed by atoms with Gasteiger partial charge in [-0.15, -0.1) is 0 Å². The Morgan fingerprint density at radius 1 is 1.09 bits per heavy atom. The SMILES string of the molecule is CN(CCCNS(=O)(=O)c1ccc(C(F)(F)F)cc1)S(C)(=O)=O. The summed E-state index contributed by atoms with van der Waals surface area (Å²) in [6, 6.07) is 3.11. The zero-order chi connectivity index (χ0) is 17.9. The Balaban J connectivity index is 2.63. The van der Waals surface area contributed by atoms with Crippen molar-refractivity contribution in [2.24, 2.45) is 0 Å². The molecule has 23 heavy (non-hydrogen) atoms. The smallest absolute Gasteiger partial charge is 0.213 e. The van der Waals surface area contributed by atoms with E-state index in [-0.39, 0.29) is 24.4 Å². The summed E-state index contributed by atoms with van der Waals surface area (Å²) in [6.45, 7) is 0.0809. The lowest BCUT2D eigenvalue weighted by Crippen LogP contribution is -2.31.